The maximum Gasteiger partial charge on any atom is 0.262 e. The van der Waals surface area contributed by atoms with Gasteiger partial charge in [0.15, 0.2) is 5.65 Å². The van der Waals surface area contributed by atoms with Crippen LogP contribution in [0.3, 0.4) is 0 Å². The normalized spacial score (nSPS) is 12.9. The number of benzene rings is 1. The molecule has 120 valence electrons. The highest BCUT2D eigenvalue weighted by atomic mass is 19.1. The van der Waals surface area contributed by atoms with Crippen molar-refractivity contribution in [3.63, 3.8) is 0 Å². The third-order valence-corrected chi connectivity index (χ3v) is 4.06. The fourth-order valence-corrected chi connectivity index (χ4v) is 2.52. The molecule has 0 unspecified atom stereocenters. The van der Waals surface area contributed by atoms with Crippen LogP contribution in [0.2, 0.25) is 0 Å². The second kappa shape index (κ2) is 5.92. The Balaban J connectivity index is 1.84. The highest BCUT2D eigenvalue weighted by molar-refractivity contribution is 5.72. The van der Waals surface area contributed by atoms with E-state index in [2.05, 4.69) is 15.1 Å². The van der Waals surface area contributed by atoms with Crippen molar-refractivity contribution in [3.8, 4) is 0 Å². The first-order valence-corrected chi connectivity index (χ1v) is 7.32. The molecular weight excluding hydrogens is 297 g/mol. The van der Waals surface area contributed by atoms with Gasteiger partial charge in [-0.05, 0) is 31.7 Å². The molecule has 7 heteroatoms. The summed E-state index contributed by atoms with van der Waals surface area (Å²) < 4.78 is 14.6. The minimum absolute atomic E-state index is 0.0585. The quantitative estimate of drug-likeness (QED) is 0.799. The van der Waals surface area contributed by atoms with E-state index in [-0.39, 0.29) is 17.4 Å². The molecule has 23 heavy (non-hydrogen) atoms. The van der Waals surface area contributed by atoms with Crippen LogP contribution < -0.4 is 5.56 Å². The third-order valence-electron chi connectivity index (χ3n) is 4.06. The average molecular weight is 315 g/mol. The first-order valence-electron chi connectivity index (χ1n) is 7.32. The third kappa shape index (κ3) is 3.00. The van der Waals surface area contributed by atoms with E-state index in [1.165, 1.54) is 18.3 Å². The summed E-state index contributed by atoms with van der Waals surface area (Å²) in [6.45, 7) is 2.49. The monoisotopic (exact) mass is 315 g/mol. The number of hydrogen-bond acceptors (Lipinski definition) is 4. The van der Waals surface area contributed by atoms with Crippen LogP contribution in [0.5, 0.6) is 0 Å². The van der Waals surface area contributed by atoms with Crippen molar-refractivity contribution in [3.05, 3.63) is 58.0 Å². The fraction of sp³-hybridized carbons (Fsp3) is 0.312. The Bertz CT molecular complexity index is 884. The van der Waals surface area contributed by atoms with Gasteiger partial charge in [0.05, 0.1) is 12.7 Å². The van der Waals surface area contributed by atoms with Crippen LogP contribution in [0, 0.1) is 5.82 Å². The predicted octanol–water partition coefficient (Wildman–Crippen LogP) is 1.99. The maximum absolute atomic E-state index is 13.0. The number of hydrogen-bond donors (Lipinski definition) is 1. The first kappa shape index (κ1) is 15.4. The smallest absolute Gasteiger partial charge is 0.262 e. The van der Waals surface area contributed by atoms with Crippen molar-refractivity contribution < 1.29 is 4.39 Å². The van der Waals surface area contributed by atoms with Gasteiger partial charge in [-0.3, -0.25) is 14.4 Å². The van der Waals surface area contributed by atoms with Gasteiger partial charge >= 0.3 is 0 Å². The minimum atomic E-state index is -0.253. The lowest BCUT2D eigenvalue weighted by Gasteiger charge is -2.24. The van der Waals surface area contributed by atoms with Gasteiger partial charge in [0.25, 0.3) is 5.56 Å². The van der Waals surface area contributed by atoms with Crippen LogP contribution in [0.25, 0.3) is 11.0 Å². The maximum atomic E-state index is 13.0. The Morgan fingerprint density at radius 3 is 2.74 bits per heavy atom. The molecule has 0 saturated carbocycles. The Morgan fingerprint density at radius 2 is 2.04 bits per heavy atom. The summed E-state index contributed by atoms with van der Waals surface area (Å²) in [6, 6.07) is 6.47. The van der Waals surface area contributed by atoms with Crippen molar-refractivity contribution in [1.82, 2.24) is 24.6 Å². The summed E-state index contributed by atoms with van der Waals surface area (Å²) >= 11 is 0. The second-order valence-corrected chi connectivity index (χ2v) is 5.66. The van der Waals surface area contributed by atoms with Crippen LogP contribution in [-0.4, -0.2) is 31.7 Å². The van der Waals surface area contributed by atoms with Crippen LogP contribution in [-0.2, 0) is 13.6 Å². The van der Waals surface area contributed by atoms with Crippen LogP contribution in [0.15, 0.2) is 35.3 Å². The lowest BCUT2D eigenvalue weighted by Crippen LogP contribution is -2.25. The number of fused-ring (bicyclic) bond motifs is 1. The van der Waals surface area contributed by atoms with Crippen molar-refractivity contribution >= 4 is 11.0 Å². The molecule has 0 spiro atoms. The molecule has 0 amide bonds. The molecule has 0 aliphatic rings. The summed E-state index contributed by atoms with van der Waals surface area (Å²) in [4.78, 5) is 21.4. The molecule has 0 radical (unpaired) electrons. The van der Waals surface area contributed by atoms with Gasteiger partial charge < -0.3 is 4.98 Å². The lowest BCUT2D eigenvalue weighted by molar-refractivity contribution is 0.247. The van der Waals surface area contributed by atoms with Gasteiger partial charge in [-0.2, -0.15) is 5.10 Å². The van der Waals surface area contributed by atoms with E-state index in [1.54, 1.807) is 23.9 Å². The van der Waals surface area contributed by atoms with Gasteiger partial charge in [0.2, 0.25) is 0 Å². The molecule has 0 fully saturated rings. The predicted molar refractivity (Wildman–Crippen MR) is 85.4 cm³/mol. The molecule has 0 bridgehead atoms. The van der Waals surface area contributed by atoms with Crippen molar-refractivity contribution in [2.75, 3.05) is 7.05 Å². The zero-order valence-electron chi connectivity index (χ0n) is 13.2. The number of H-pyrrole nitrogens is 1. The highest BCUT2D eigenvalue weighted by Crippen LogP contribution is 2.20. The van der Waals surface area contributed by atoms with E-state index in [9.17, 15) is 9.18 Å². The Hall–Kier alpha value is -2.54. The molecule has 6 nitrogen and oxygen atoms in total. The molecule has 3 rings (SSSR count). The molecule has 2 aromatic heterocycles. The molecule has 3 aromatic rings. The number of nitrogens with zero attached hydrogens (tertiary/aromatic N) is 4. The summed E-state index contributed by atoms with van der Waals surface area (Å²) in [6.07, 6.45) is 1.51. The molecule has 1 N–H and O–H groups in total. The van der Waals surface area contributed by atoms with E-state index in [4.69, 9.17) is 0 Å². The van der Waals surface area contributed by atoms with Gasteiger partial charge in [0, 0.05) is 13.1 Å². The molecule has 0 aliphatic heterocycles. The van der Waals surface area contributed by atoms with Gasteiger partial charge in [0.1, 0.15) is 17.0 Å². The zero-order chi connectivity index (χ0) is 16.6. The zero-order valence-corrected chi connectivity index (χ0v) is 13.2. The molecular formula is C16H18FN5O. The second-order valence-electron chi connectivity index (χ2n) is 5.66. The number of aromatic amines is 1. The topological polar surface area (TPSA) is 66.8 Å². The highest BCUT2D eigenvalue weighted by Gasteiger charge is 2.15. The number of rotatable bonds is 4. The largest absolute Gasteiger partial charge is 0.309 e. The summed E-state index contributed by atoms with van der Waals surface area (Å²) in [5.41, 5.74) is 1.37. The van der Waals surface area contributed by atoms with Crippen LogP contribution in [0.4, 0.5) is 4.39 Å². The molecule has 1 aromatic carbocycles. The van der Waals surface area contributed by atoms with Gasteiger partial charge in [-0.15, -0.1) is 0 Å². The lowest BCUT2D eigenvalue weighted by atomic mass is 10.1. The van der Waals surface area contributed by atoms with E-state index in [0.717, 1.165) is 5.56 Å². The van der Waals surface area contributed by atoms with Crippen molar-refractivity contribution in [2.24, 2.45) is 7.05 Å². The van der Waals surface area contributed by atoms with Gasteiger partial charge in [-0.1, -0.05) is 12.1 Å². The number of aromatic nitrogens is 4. The number of halogens is 1. The standard InChI is InChI=1S/C16H18FN5O/c1-10(11-4-6-12(17)7-5-11)21(2)9-14-19-15-13(16(23)20-14)8-18-22(15)3/h4-8,10H,9H2,1-3H3,(H,19,20,23)/t10-/m0/s1. The summed E-state index contributed by atoms with van der Waals surface area (Å²) in [5, 5.41) is 4.53. The Morgan fingerprint density at radius 1 is 1.35 bits per heavy atom. The SMILES string of the molecule is C[C@@H](c1ccc(F)cc1)N(C)Cc1nc2c(cnn2C)c(=O)[nH]1. The molecule has 0 saturated heterocycles. The first-order chi connectivity index (χ1) is 11.0. The molecule has 2 heterocycles. The van der Waals surface area contributed by atoms with E-state index in [0.29, 0.717) is 23.4 Å². The fourth-order valence-electron chi connectivity index (χ4n) is 2.52. The minimum Gasteiger partial charge on any atom is -0.309 e. The Kier molecular flexibility index (Phi) is 3.96. The average Bonchev–Trinajstić information content (AvgIpc) is 2.89. The van der Waals surface area contributed by atoms with Gasteiger partial charge in [-0.25, -0.2) is 9.37 Å². The number of aryl methyl sites for hydroxylation is 1. The van der Waals surface area contributed by atoms with E-state index < -0.39 is 0 Å². The summed E-state index contributed by atoms with van der Waals surface area (Å²) in [7, 11) is 3.69. The van der Waals surface area contributed by atoms with Crippen LogP contribution in [0.1, 0.15) is 24.4 Å². The van der Waals surface area contributed by atoms with E-state index >= 15 is 0 Å². The molecule has 1 atom stereocenters. The number of nitrogens with one attached hydrogen (secondary N) is 1. The summed E-state index contributed by atoms with van der Waals surface area (Å²) in [5.74, 6) is 0.318. The van der Waals surface area contributed by atoms with Crippen molar-refractivity contribution in [2.45, 2.75) is 19.5 Å². The van der Waals surface area contributed by atoms with Crippen LogP contribution >= 0.6 is 0 Å². The Labute approximate surface area is 132 Å². The van der Waals surface area contributed by atoms with Crippen molar-refractivity contribution in [1.29, 1.82) is 0 Å². The van der Waals surface area contributed by atoms with E-state index in [1.807, 2.05) is 18.9 Å². The molecule has 0 aliphatic carbocycles.